The zero-order chi connectivity index (χ0) is 13.2. The van der Waals surface area contributed by atoms with Gasteiger partial charge in [0.05, 0.1) is 11.6 Å². The Kier molecular flexibility index (Phi) is 3.58. The van der Waals surface area contributed by atoms with Crippen LogP contribution < -0.4 is 5.32 Å². The lowest BCUT2D eigenvalue weighted by atomic mass is 10.00. The van der Waals surface area contributed by atoms with E-state index in [9.17, 15) is 0 Å². The Labute approximate surface area is 109 Å². The monoisotopic (exact) mass is 243 g/mol. The summed E-state index contributed by atoms with van der Waals surface area (Å²) in [6.07, 6.45) is 0. The van der Waals surface area contributed by atoms with Crippen molar-refractivity contribution < 1.29 is 4.74 Å². The van der Waals surface area contributed by atoms with E-state index in [4.69, 9.17) is 4.74 Å². The predicted octanol–water partition coefficient (Wildman–Crippen LogP) is 4.07. The van der Waals surface area contributed by atoms with Gasteiger partial charge >= 0.3 is 0 Å². The van der Waals surface area contributed by atoms with E-state index in [1.807, 2.05) is 0 Å². The largest absolute Gasteiger partial charge is 0.380 e. The second-order valence-corrected chi connectivity index (χ2v) is 5.24. The number of ether oxygens (including phenoxy) is 1. The highest BCUT2D eigenvalue weighted by Gasteiger charge is 2.24. The average molecular weight is 243 g/mol. The van der Waals surface area contributed by atoms with Crippen LogP contribution in [-0.2, 0) is 4.74 Å². The van der Waals surface area contributed by atoms with Crippen molar-refractivity contribution in [2.24, 2.45) is 0 Å². The SMILES string of the molecule is COC(C)(C)C(C)Nc1ccc2ccccc2c1. The van der Waals surface area contributed by atoms with Gasteiger partial charge in [-0.25, -0.2) is 0 Å². The summed E-state index contributed by atoms with van der Waals surface area (Å²) < 4.78 is 5.50. The molecule has 0 aliphatic heterocycles. The van der Waals surface area contributed by atoms with Gasteiger partial charge in [0.1, 0.15) is 0 Å². The molecule has 2 aromatic carbocycles. The fraction of sp³-hybridized carbons (Fsp3) is 0.375. The zero-order valence-electron chi connectivity index (χ0n) is 11.5. The normalized spacial score (nSPS) is 13.6. The number of hydrogen-bond donors (Lipinski definition) is 1. The summed E-state index contributed by atoms with van der Waals surface area (Å²) in [5.41, 5.74) is 0.942. The smallest absolute Gasteiger partial charge is 0.0820 e. The van der Waals surface area contributed by atoms with Crippen LogP contribution in [0.2, 0.25) is 0 Å². The van der Waals surface area contributed by atoms with E-state index in [1.54, 1.807) is 7.11 Å². The van der Waals surface area contributed by atoms with Crippen LogP contribution in [0.4, 0.5) is 5.69 Å². The van der Waals surface area contributed by atoms with Gasteiger partial charge in [-0.2, -0.15) is 0 Å². The van der Waals surface area contributed by atoms with Crippen molar-refractivity contribution in [3.05, 3.63) is 42.5 Å². The Balaban J connectivity index is 2.22. The first kappa shape index (κ1) is 12.9. The minimum absolute atomic E-state index is 0.189. The van der Waals surface area contributed by atoms with Crippen LogP contribution in [0.25, 0.3) is 10.8 Å². The van der Waals surface area contributed by atoms with Gasteiger partial charge in [-0.15, -0.1) is 0 Å². The molecule has 2 aromatic rings. The maximum Gasteiger partial charge on any atom is 0.0820 e. The van der Waals surface area contributed by atoms with Gasteiger partial charge in [0.15, 0.2) is 0 Å². The molecule has 0 saturated carbocycles. The molecule has 0 aliphatic rings. The van der Waals surface area contributed by atoms with Crippen molar-refractivity contribution in [2.45, 2.75) is 32.4 Å². The summed E-state index contributed by atoms with van der Waals surface area (Å²) in [5, 5.41) is 6.02. The zero-order valence-corrected chi connectivity index (χ0v) is 11.5. The van der Waals surface area contributed by atoms with E-state index < -0.39 is 0 Å². The molecule has 2 nitrogen and oxygen atoms in total. The first-order chi connectivity index (χ1) is 8.53. The molecule has 96 valence electrons. The standard InChI is InChI=1S/C16H21NO/c1-12(16(2,3)18-4)17-15-10-9-13-7-5-6-8-14(13)11-15/h5-12,17H,1-4H3. The molecule has 0 saturated heterocycles. The third-order valence-corrected chi connectivity index (χ3v) is 3.70. The van der Waals surface area contributed by atoms with Gasteiger partial charge in [0, 0.05) is 12.8 Å². The number of hydrogen-bond acceptors (Lipinski definition) is 2. The molecule has 0 fully saturated rings. The number of anilines is 1. The molecule has 1 N–H and O–H groups in total. The van der Waals surface area contributed by atoms with Gasteiger partial charge in [0.25, 0.3) is 0 Å². The van der Waals surface area contributed by atoms with Crippen molar-refractivity contribution in [2.75, 3.05) is 12.4 Å². The van der Waals surface area contributed by atoms with Crippen molar-refractivity contribution in [1.82, 2.24) is 0 Å². The summed E-state index contributed by atoms with van der Waals surface area (Å²) in [6, 6.07) is 15.1. The number of benzene rings is 2. The average Bonchev–Trinajstić information content (AvgIpc) is 2.38. The summed E-state index contributed by atoms with van der Waals surface area (Å²) in [4.78, 5) is 0. The highest BCUT2D eigenvalue weighted by molar-refractivity contribution is 5.85. The lowest BCUT2D eigenvalue weighted by Gasteiger charge is -2.31. The Morgan fingerprint density at radius 3 is 2.39 bits per heavy atom. The number of methoxy groups -OCH3 is 1. The fourth-order valence-electron chi connectivity index (χ4n) is 1.88. The second-order valence-electron chi connectivity index (χ2n) is 5.24. The maximum absolute atomic E-state index is 5.50. The molecule has 0 aliphatic carbocycles. The first-order valence-electron chi connectivity index (χ1n) is 6.33. The molecule has 1 unspecified atom stereocenters. The first-order valence-corrected chi connectivity index (χ1v) is 6.33. The van der Waals surface area contributed by atoms with Gasteiger partial charge in [-0.05, 0) is 43.7 Å². The van der Waals surface area contributed by atoms with Crippen LogP contribution in [-0.4, -0.2) is 18.8 Å². The molecule has 2 rings (SSSR count). The third-order valence-electron chi connectivity index (χ3n) is 3.70. The third kappa shape index (κ3) is 2.65. The van der Waals surface area contributed by atoms with Crippen LogP contribution in [0.5, 0.6) is 0 Å². The van der Waals surface area contributed by atoms with Crippen LogP contribution in [0.3, 0.4) is 0 Å². The van der Waals surface area contributed by atoms with E-state index in [0.29, 0.717) is 0 Å². The Hall–Kier alpha value is -1.54. The molecule has 2 heteroatoms. The molecule has 0 radical (unpaired) electrons. The van der Waals surface area contributed by atoms with Gasteiger partial charge in [-0.1, -0.05) is 30.3 Å². The summed E-state index contributed by atoms with van der Waals surface area (Å²) in [5.74, 6) is 0. The van der Waals surface area contributed by atoms with Gasteiger partial charge in [-0.3, -0.25) is 0 Å². The summed E-state index contributed by atoms with van der Waals surface area (Å²) >= 11 is 0. The highest BCUT2D eigenvalue weighted by Crippen LogP contribution is 2.22. The molecule has 18 heavy (non-hydrogen) atoms. The molecule has 0 amide bonds. The molecule has 0 heterocycles. The minimum Gasteiger partial charge on any atom is -0.380 e. The summed E-state index contributed by atoms with van der Waals surface area (Å²) in [7, 11) is 1.75. The van der Waals surface area contributed by atoms with Gasteiger partial charge < -0.3 is 10.1 Å². The predicted molar refractivity (Wildman–Crippen MR) is 78.1 cm³/mol. The van der Waals surface area contributed by atoms with E-state index >= 15 is 0 Å². The maximum atomic E-state index is 5.50. The molecular weight excluding hydrogens is 222 g/mol. The number of fused-ring (bicyclic) bond motifs is 1. The second kappa shape index (κ2) is 4.99. The van der Waals surface area contributed by atoms with Crippen LogP contribution in [0.15, 0.2) is 42.5 Å². The number of nitrogens with one attached hydrogen (secondary N) is 1. The Bertz CT molecular complexity index is 533. The molecule has 0 spiro atoms. The lowest BCUT2D eigenvalue weighted by Crippen LogP contribution is -2.41. The van der Waals surface area contributed by atoms with Crippen LogP contribution >= 0.6 is 0 Å². The van der Waals surface area contributed by atoms with E-state index in [2.05, 4.69) is 68.6 Å². The molecular formula is C16H21NO. The Morgan fingerprint density at radius 1 is 1.06 bits per heavy atom. The Morgan fingerprint density at radius 2 is 1.72 bits per heavy atom. The lowest BCUT2D eigenvalue weighted by molar-refractivity contribution is 0.0107. The van der Waals surface area contributed by atoms with Crippen molar-refractivity contribution in [3.63, 3.8) is 0 Å². The number of rotatable bonds is 4. The topological polar surface area (TPSA) is 21.3 Å². The van der Waals surface area contributed by atoms with Gasteiger partial charge in [0.2, 0.25) is 0 Å². The van der Waals surface area contributed by atoms with Crippen molar-refractivity contribution in [1.29, 1.82) is 0 Å². The highest BCUT2D eigenvalue weighted by atomic mass is 16.5. The minimum atomic E-state index is -0.189. The van der Waals surface area contributed by atoms with Crippen molar-refractivity contribution in [3.8, 4) is 0 Å². The molecule has 0 bridgehead atoms. The molecule has 1 atom stereocenters. The fourth-order valence-corrected chi connectivity index (χ4v) is 1.88. The van der Waals surface area contributed by atoms with E-state index in [0.717, 1.165) is 5.69 Å². The van der Waals surface area contributed by atoms with Crippen LogP contribution in [0.1, 0.15) is 20.8 Å². The summed E-state index contributed by atoms with van der Waals surface area (Å²) in [6.45, 7) is 6.32. The van der Waals surface area contributed by atoms with Crippen molar-refractivity contribution >= 4 is 16.5 Å². The van der Waals surface area contributed by atoms with E-state index in [1.165, 1.54) is 10.8 Å². The van der Waals surface area contributed by atoms with E-state index in [-0.39, 0.29) is 11.6 Å². The van der Waals surface area contributed by atoms with Crippen LogP contribution in [0, 0.1) is 0 Å². The molecule has 0 aromatic heterocycles. The quantitative estimate of drug-likeness (QED) is 0.874.